The molecule has 0 amide bonds. The van der Waals surface area contributed by atoms with Crippen LogP contribution in [0.3, 0.4) is 0 Å². The standard InChI is InChI=1S/C23H35F2N/c1-6-15-7-9-16(10-8-15)18-11-12-19(21(25)20(18)24)17-13-22(2,3)26-23(4,5)14-17/h11-12,15-17,26H,6-10,13-14H2,1-5H3. The summed E-state index contributed by atoms with van der Waals surface area (Å²) in [7, 11) is 0. The van der Waals surface area contributed by atoms with Gasteiger partial charge in [0.25, 0.3) is 0 Å². The van der Waals surface area contributed by atoms with Gasteiger partial charge in [0.15, 0.2) is 11.6 Å². The zero-order chi connectivity index (χ0) is 19.1. The maximum Gasteiger partial charge on any atom is 0.162 e. The predicted octanol–water partition coefficient (Wildman–Crippen LogP) is 6.67. The molecule has 1 aliphatic carbocycles. The molecule has 2 aliphatic rings. The van der Waals surface area contributed by atoms with E-state index < -0.39 is 11.6 Å². The van der Waals surface area contributed by atoms with E-state index in [9.17, 15) is 4.39 Å². The summed E-state index contributed by atoms with van der Waals surface area (Å²) in [5.74, 6) is -0.185. The molecule has 3 rings (SSSR count). The van der Waals surface area contributed by atoms with Crippen molar-refractivity contribution in [2.75, 3.05) is 0 Å². The minimum Gasteiger partial charge on any atom is -0.307 e. The van der Waals surface area contributed by atoms with E-state index in [-0.39, 0.29) is 22.9 Å². The zero-order valence-electron chi connectivity index (χ0n) is 17.1. The highest BCUT2D eigenvalue weighted by Gasteiger charge is 2.39. The Morgan fingerprint density at radius 2 is 1.31 bits per heavy atom. The van der Waals surface area contributed by atoms with Crippen LogP contribution in [0.1, 0.15) is 103 Å². The molecule has 0 bridgehead atoms. The lowest BCUT2D eigenvalue weighted by molar-refractivity contribution is 0.159. The molecule has 0 unspecified atom stereocenters. The van der Waals surface area contributed by atoms with Crippen molar-refractivity contribution in [3.63, 3.8) is 0 Å². The molecule has 26 heavy (non-hydrogen) atoms. The number of hydrogen-bond donors (Lipinski definition) is 1. The van der Waals surface area contributed by atoms with E-state index in [0.717, 1.165) is 44.4 Å². The third kappa shape index (κ3) is 4.13. The molecular weight excluding hydrogens is 328 g/mol. The molecule has 3 heteroatoms. The maximum absolute atomic E-state index is 15.1. The van der Waals surface area contributed by atoms with Crippen LogP contribution in [0.5, 0.6) is 0 Å². The topological polar surface area (TPSA) is 12.0 Å². The van der Waals surface area contributed by atoms with E-state index in [1.54, 1.807) is 0 Å². The summed E-state index contributed by atoms with van der Waals surface area (Å²) >= 11 is 0. The van der Waals surface area contributed by atoms with Gasteiger partial charge >= 0.3 is 0 Å². The summed E-state index contributed by atoms with van der Waals surface area (Å²) < 4.78 is 30.0. The van der Waals surface area contributed by atoms with Gasteiger partial charge in [-0.3, -0.25) is 0 Å². The normalized spacial score (nSPS) is 28.9. The van der Waals surface area contributed by atoms with Crippen LogP contribution < -0.4 is 5.32 Å². The molecule has 0 spiro atoms. The Morgan fingerprint density at radius 3 is 1.77 bits per heavy atom. The van der Waals surface area contributed by atoms with Gasteiger partial charge < -0.3 is 5.32 Å². The van der Waals surface area contributed by atoms with Crippen molar-refractivity contribution in [3.8, 4) is 0 Å². The van der Waals surface area contributed by atoms with E-state index in [4.69, 9.17) is 0 Å². The van der Waals surface area contributed by atoms with E-state index >= 15 is 4.39 Å². The second kappa shape index (κ2) is 7.22. The first-order valence-electron chi connectivity index (χ1n) is 10.4. The number of hydrogen-bond acceptors (Lipinski definition) is 1. The quantitative estimate of drug-likeness (QED) is 0.632. The highest BCUT2D eigenvalue weighted by atomic mass is 19.2. The van der Waals surface area contributed by atoms with E-state index in [1.807, 2.05) is 12.1 Å². The van der Waals surface area contributed by atoms with Crippen LogP contribution in [-0.2, 0) is 0 Å². The molecule has 2 fully saturated rings. The Labute approximate surface area is 158 Å². The molecular formula is C23H35F2N. The van der Waals surface area contributed by atoms with Crippen LogP contribution >= 0.6 is 0 Å². The molecule has 1 N–H and O–H groups in total. The molecule has 0 aromatic heterocycles. The number of nitrogens with one attached hydrogen (secondary N) is 1. The Kier molecular flexibility index (Phi) is 5.50. The van der Waals surface area contributed by atoms with Crippen LogP contribution in [0.15, 0.2) is 12.1 Å². The summed E-state index contributed by atoms with van der Waals surface area (Å²) in [5, 5.41) is 3.62. The second-order valence-corrected chi connectivity index (χ2v) is 10.00. The summed E-state index contributed by atoms with van der Waals surface area (Å²) in [4.78, 5) is 0. The summed E-state index contributed by atoms with van der Waals surface area (Å²) in [6.07, 6.45) is 7.11. The number of halogens is 2. The Morgan fingerprint density at radius 1 is 0.846 bits per heavy atom. The fourth-order valence-electron chi connectivity index (χ4n) is 5.63. The highest BCUT2D eigenvalue weighted by Crippen LogP contribution is 2.43. The third-order valence-electron chi connectivity index (χ3n) is 6.64. The van der Waals surface area contributed by atoms with Crippen LogP contribution in [0.25, 0.3) is 0 Å². The zero-order valence-corrected chi connectivity index (χ0v) is 17.1. The minimum absolute atomic E-state index is 0.0561. The van der Waals surface area contributed by atoms with Gasteiger partial charge in [0, 0.05) is 11.1 Å². The molecule has 1 aromatic carbocycles. The van der Waals surface area contributed by atoms with Crippen LogP contribution in [0, 0.1) is 17.6 Å². The lowest BCUT2D eigenvalue weighted by Gasteiger charge is -2.46. The van der Waals surface area contributed by atoms with Crippen molar-refractivity contribution >= 4 is 0 Å². The van der Waals surface area contributed by atoms with Crippen LogP contribution in [-0.4, -0.2) is 11.1 Å². The Bertz CT molecular complexity index is 626. The fraction of sp³-hybridized carbons (Fsp3) is 0.739. The molecule has 1 nitrogen and oxygen atoms in total. The Hall–Kier alpha value is -0.960. The molecule has 0 radical (unpaired) electrons. The van der Waals surface area contributed by atoms with Crippen molar-refractivity contribution < 1.29 is 8.78 Å². The molecule has 1 saturated carbocycles. The third-order valence-corrected chi connectivity index (χ3v) is 6.64. The highest BCUT2D eigenvalue weighted by molar-refractivity contribution is 5.32. The molecule has 1 saturated heterocycles. The predicted molar refractivity (Wildman–Crippen MR) is 105 cm³/mol. The van der Waals surface area contributed by atoms with Crippen LogP contribution in [0.4, 0.5) is 8.78 Å². The average molecular weight is 364 g/mol. The lowest BCUT2D eigenvalue weighted by Crippen LogP contribution is -2.57. The van der Waals surface area contributed by atoms with E-state index in [1.165, 1.54) is 6.42 Å². The van der Waals surface area contributed by atoms with E-state index in [0.29, 0.717) is 11.1 Å². The first-order valence-corrected chi connectivity index (χ1v) is 10.4. The van der Waals surface area contributed by atoms with Gasteiger partial charge in [0.1, 0.15) is 0 Å². The molecule has 1 aromatic rings. The van der Waals surface area contributed by atoms with Crippen molar-refractivity contribution in [3.05, 3.63) is 34.9 Å². The first kappa shape index (κ1) is 19.8. The number of piperidine rings is 1. The monoisotopic (exact) mass is 363 g/mol. The summed E-state index contributed by atoms with van der Waals surface area (Å²) in [6, 6.07) is 3.76. The fourth-order valence-corrected chi connectivity index (χ4v) is 5.63. The van der Waals surface area contributed by atoms with Crippen molar-refractivity contribution in [2.45, 2.75) is 102 Å². The number of rotatable bonds is 3. The van der Waals surface area contributed by atoms with Gasteiger partial charge in [0.2, 0.25) is 0 Å². The van der Waals surface area contributed by atoms with Crippen molar-refractivity contribution in [1.29, 1.82) is 0 Å². The maximum atomic E-state index is 15.1. The minimum atomic E-state index is -0.599. The summed E-state index contributed by atoms with van der Waals surface area (Å²) in [5.41, 5.74) is 1.02. The molecule has 0 atom stereocenters. The van der Waals surface area contributed by atoms with Gasteiger partial charge in [-0.05, 0) is 95.1 Å². The molecule has 1 heterocycles. The van der Waals surface area contributed by atoms with Crippen LogP contribution in [0.2, 0.25) is 0 Å². The number of benzene rings is 1. The van der Waals surface area contributed by atoms with Crippen molar-refractivity contribution in [1.82, 2.24) is 5.32 Å². The molecule has 1 aliphatic heterocycles. The summed E-state index contributed by atoms with van der Waals surface area (Å²) in [6.45, 7) is 10.8. The Balaban J connectivity index is 1.84. The smallest absolute Gasteiger partial charge is 0.162 e. The van der Waals surface area contributed by atoms with E-state index in [2.05, 4.69) is 39.9 Å². The lowest BCUT2D eigenvalue weighted by atomic mass is 9.72. The average Bonchev–Trinajstić information content (AvgIpc) is 2.54. The van der Waals surface area contributed by atoms with Gasteiger partial charge in [-0.2, -0.15) is 0 Å². The van der Waals surface area contributed by atoms with Crippen molar-refractivity contribution in [2.24, 2.45) is 5.92 Å². The van der Waals surface area contributed by atoms with Gasteiger partial charge in [-0.1, -0.05) is 25.5 Å². The van der Waals surface area contributed by atoms with Gasteiger partial charge in [0.05, 0.1) is 0 Å². The van der Waals surface area contributed by atoms with Gasteiger partial charge in [-0.15, -0.1) is 0 Å². The largest absolute Gasteiger partial charge is 0.307 e. The first-order chi connectivity index (χ1) is 12.1. The van der Waals surface area contributed by atoms with Gasteiger partial charge in [-0.25, -0.2) is 8.78 Å². The SMILES string of the molecule is CCC1CCC(c2ccc(C3CC(C)(C)NC(C)(C)C3)c(F)c2F)CC1. The second-order valence-electron chi connectivity index (χ2n) is 10.00. The molecule has 146 valence electrons.